The van der Waals surface area contributed by atoms with Gasteiger partial charge in [0.25, 0.3) is 0 Å². The fourth-order valence-electron chi connectivity index (χ4n) is 3.18. The van der Waals surface area contributed by atoms with Crippen molar-refractivity contribution in [2.45, 2.75) is 0 Å². The second-order valence-corrected chi connectivity index (χ2v) is 7.49. The molecular weight excluding hydrogens is 591 g/mol. The summed E-state index contributed by atoms with van der Waals surface area (Å²) in [6, 6.07) is 26.7. The van der Waals surface area contributed by atoms with Gasteiger partial charge in [-0.3, -0.25) is 0 Å². The molecule has 0 aliphatic heterocycles. The predicted octanol–water partition coefficient (Wildman–Crippen LogP) is 6.86. The molecule has 0 N–H and O–H groups in total. The summed E-state index contributed by atoms with van der Waals surface area (Å²) in [7, 11) is 0. The van der Waals surface area contributed by atoms with Gasteiger partial charge in [-0.15, -0.1) is 59.7 Å². The van der Waals surface area contributed by atoms with Crippen LogP contribution >= 0.6 is 11.3 Å². The summed E-state index contributed by atoms with van der Waals surface area (Å²) in [4.78, 5) is 13.5. The van der Waals surface area contributed by atoms with Crippen molar-refractivity contribution in [2.75, 3.05) is 0 Å². The number of aromatic nitrogens is 3. The second-order valence-electron chi connectivity index (χ2n) is 6.49. The van der Waals surface area contributed by atoms with Crippen LogP contribution in [-0.4, -0.2) is 15.0 Å². The first-order chi connectivity index (χ1) is 17.0. The maximum atomic E-state index is 8.10. The molecule has 6 rings (SSSR count). The SMILES string of the molecule is [2H]c1nc(-c2[c-]ccc3c2sc2ncccc23)c([2H])c([2H])c1[2H].[Ir].[c-]1ccccc1-c1ccccn1. The molecule has 0 saturated heterocycles. The molecule has 0 fully saturated rings. The predicted molar refractivity (Wildman–Crippen MR) is 128 cm³/mol. The second kappa shape index (κ2) is 10.4. The molecule has 0 spiro atoms. The van der Waals surface area contributed by atoms with Crippen LogP contribution in [0.2, 0.25) is 0 Å². The van der Waals surface area contributed by atoms with Crippen molar-refractivity contribution in [3.63, 3.8) is 0 Å². The van der Waals surface area contributed by atoms with E-state index in [-0.39, 0.29) is 50.1 Å². The first-order valence-corrected chi connectivity index (χ1v) is 10.4. The van der Waals surface area contributed by atoms with Crippen molar-refractivity contribution in [3.05, 3.63) is 116 Å². The molecule has 0 aliphatic carbocycles. The van der Waals surface area contributed by atoms with E-state index in [4.69, 9.17) is 5.48 Å². The van der Waals surface area contributed by atoms with E-state index in [0.717, 1.165) is 31.6 Å². The normalized spacial score (nSPS) is 12.0. The van der Waals surface area contributed by atoms with E-state index in [1.807, 2.05) is 60.7 Å². The monoisotopic (exact) mass is 612 g/mol. The minimum atomic E-state index is -0.330. The van der Waals surface area contributed by atoms with Crippen LogP contribution in [0.25, 0.3) is 42.8 Å². The van der Waals surface area contributed by atoms with Gasteiger partial charge in [0.2, 0.25) is 0 Å². The molecule has 5 heteroatoms. The van der Waals surface area contributed by atoms with Gasteiger partial charge in [-0.1, -0.05) is 35.7 Å². The van der Waals surface area contributed by atoms with Gasteiger partial charge < -0.3 is 9.97 Å². The molecule has 0 bridgehead atoms. The van der Waals surface area contributed by atoms with Crippen LogP contribution in [0.3, 0.4) is 0 Å². The van der Waals surface area contributed by atoms with E-state index in [1.165, 1.54) is 11.3 Å². The molecule has 2 aromatic carbocycles. The van der Waals surface area contributed by atoms with Crippen LogP contribution in [0, 0.1) is 12.1 Å². The number of rotatable bonds is 2. The Morgan fingerprint density at radius 3 is 2.50 bits per heavy atom. The molecule has 32 heavy (non-hydrogen) atoms. The number of thiophene rings is 1. The van der Waals surface area contributed by atoms with Gasteiger partial charge in [0, 0.05) is 38.7 Å². The third-order valence-electron chi connectivity index (χ3n) is 4.56. The third kappa shape index (κ3) is 4.66. The van der Waals surface area contributed by atoms with Crippen LogP contribution in [0.15, 0.2) is 103 Å². The number of fused-ring (bicyclic) bond motifs is 3. The molecule has 0 amide bonds. The van der Waals surface area contributed by atoms with Crippen LogP contribution in [-0.2, 0) is 20.1 Å². The summed E-state index contributed by atoms with van der Waals surface area (Å²) < 4.78 is 32.2. The standard InChI is InChI=1S/C16H9N2S.C11H8N.Ir/c1-2-9-17-14(8-1)13-6-3-5-11-12-7-4-10-18-16(12)19-15(11)13;1-2-6-10(7-3-1)11-8-4-5-9-12-11;/h1-5,7-10H;1-6,8-9H;/q2*-1;/i1D,2D,8D,9D;;. The molecule has 3 nitrogen and oxygen atoms in total. The molecule has 4 heterocycles. The summed E-state index contributed by atoms with van der Waals surface area (Å²) in [6.07, 6.45) is 3.22. The van der Waals surface area contributed by atoms with Crippen molar-refractivity contribution >= 4 is 31.6 Å². The number of benzene rings is 2. The Morgan fingerprint density at radius 2 is 1.66 bits per heavy atom. The van der Waals surface area contributed by atoms with Gasteiger partial charge in [-0.2, -0.15) is 11.3 Å². The fourth-order valence-corrected chi connectivity index (χ4v) is 4.32. The summed E-state index contributed by atoms with van der Waals surface area (Å²) in [5.41, 5.74) is 2.81. The van der Waals surface area contributed by atoms with E-state index in [0.29, 0.717) is 5.56 Å². The smallest absolute Gasteiger partial charge is 0.113 e. The molecule has 6 aromatic rings. The minimum absolute atomic E-state index is 0. The molecule has 0 saturated carbocycles. The molecule has 0 atom stereocenters. The third-order valence-corrected chi connectivity index (χ3v) is 5.71. The first kappa shape index (κ1) is 17.3. The number of hydrogen-bond acceptors (Lipinski definition) is 4. The Kier molecular flexibility index (Phi) is 5.62. The van der Waals surface area contributed by atoms with Crippen molar-refractivity contribution in [1.82, 2.24) is 15.0 Å². The average molecular weight is 612 g/mol. The zero-order valence-electron chi connectivity index (χ0n) is 20.6. The van der Waals surface area contributed by atoms with E-state index in [1.54, 1.807) is 18.5 Å². The number of pyridine rings is 3. The van der Waals surface area contributed by atoms with Gasteiger partial charge in [0.15, 0.2) is 0 Å². The van der Waals surface area contributed by atoms with Gasteiger partial charge in [-0.05, 0) is 39.6 Å². The summed E-state index contributed by atoms with van der Waals surface area (Å²) in [6.45, 7) is 0. The first-order valence-electron chi connectivity index (χ1n) is 11.6. The van der Waals surface area contributed by atoms with E-state index in [2.05, 4.69) is 27.1 Å². The van der Waals surface area contributed by atoms with E-state index in [9.17, 15) is 0 Å². The van der Waals surface area contributed by atoms with E-state index < -0.39 is 0 Å². The summed E-state index contributed by atoms with van der Waals surface area (Å²) >= 11 is 1.47. The van der Waals surface area contributed by atoms with Crippen LogP contribution in [0.4, 0.5) is 0 Å². The summed E-state index contributed by atoms with van der Waals surface area (Å²) in [5.74, 6) is 0. The van der Waals surface area contributed by atoms with Gasteiger partial charge in [-0.25, -0.2) is 4.98 Å². The Labute approximate surface area is 209 Å². The Morgan fingerprint density at radius 1 is 0.750 bits per heavy atom. The van der Waals surface area contributed by atoms with Crippen molar-refractivity contribution in [3.8, 4) is 22.5 Å². The Balaban J connectivity index is 0.000000198. The topological polar surface area (TPSA) is 38.7 Å². The van der Waals surface area contributed by atoms with Crippen molar-refractivity contribution < 1.29 is 25.6 Å². The van der Waals surface area contributed by atoms with Gasteiger partial charge >= 0.3 is 0 Å². The zero-order chi connectivity index (χ0) is 24.4. The van der Waals surface area contributed by atoms with Crippen LogP contribution in [0.5, 0.6) is 0 Å². The molecular formula is C27H17IrN3S-2. The number of hydrogen-bond donors (Lipinski definition) is 0. The summed E-state index contributed by atoms with van der Waals surface area (Å²) in [5, 5.41) is 2.00. The molecule has 0 aliphatic rings. The maximum Gasteiger partial charge on any atom is 0.113 e. The Hall–Kier alpha value is -3.24. The average Bonchev–Trinajstić information content (AvgIpc) is 3.30. The Bertz CT molecular complexity index is 1610. The van der Waals surface area contributed by atoms with Crippen molar-refractivity contribution in [2.24, 2.45) is 0 Å². The van der Waals surface area contributed by atoms with Crippen LogP contribution in [0.1, 0.15) is 5.48 Å². The van der Waals surface area contributed by atoms with Crippen molar-refractivity contribution in [1.29, 1.82) is 0 Å². The maximum absolute atomic E-state index is 8.10. The molecule has 1 radical (unpaired) electrons. The zero-order valence-corrected chi connectivity index (χ0v) is 19.8. The quantitative estimate of drug-likeness (QED) is 0.201. The largest absolute Gasteiger partial charge is 0.305 e. The van der Waals surface area contributed by atoms with E-state index >= 15 is 0 Å². The molecule has 157 valence electrons. The van der Waals surface area contributed by atoms with Gasteiger partial charge in [0.1, 0.15) is 4.83 Å². The molecule has 0 unspecified atom stereocenters. The fraction of sp³-hybridized carbons (Fsp3) is 0. The minimum Gasteiger partial charge on any atom is -0.305 e. The molecule has 4 aromatic heterocycles. The van der Waals surface area contributed by atoms with Gasteiger partial charge in [0.05, 0.1) is 5.48 Å². The van der Waals surface area contributed by atoms with Crippen LogP contribution < -0.4 is 0 Å². The number of nitrogens with zero attached hydrogens (tertiary/aromatic N) is 3.